The van der Waals surface area contributed by atoms with E-state index in [4.69, 9.17) is 0 Å². The lowest BCUT2D eigenvalue weighted by Crippen LogP contribution is -2.24. The van der Waals surface area contributed by atoms with Crippen molar-refractivity contribution in [3.05, 3.63) is 35.9 Å². The van der Waals surface area contributed by atoms with Gasteiger partial charge in [-0.15, -0.1) is 0 Å². The average molecular weight is 310 g/mol. The lowest BCUT2D eigenvalue weighted by Gasteiger charge is -2.17. The maximum Gasteiger partial charge on any atom is 0.306 e. The molecule has 1 saturated heterocycles. The van der Waals surface area contributed by atoms with Crippen LogP contribution in [0.4, 0.5) is 0 Å². The summed E-state index contributed by atoms with van der Waals surface area (Å²) in [4.78, 5) is 11.4. The highest BCUT2D eigenvalue weighted by atomic mass is 32.2. The number of benzene rings is 1. The van der Waals surface area contributed by atoms with Crippen molar-refractivity contribution >= 4 is 15.8 Å². The van der Waals surface area contributed by atoms with Crippen molar-refractivity contribution in [1.29, 1.82) is 0 Å². The fraction of sp³-hybridized carbons (Fsp3) is 0.562. The molecule has 1 fully saturated rings. The molecule has 0 bridgehead atoms. The molecule has 0 aromatic heterocycles. The topological polar surface area (TPSA) is 71.4 Å². The summed E-state index contributed by atoms with van der Waals surface area (Å²) < 4.78 is 23.0. The fourth-order valence-electron chi connectivity index (χ4n) is 3.04. The molecule has 0 aliphatic carbocycles. The van der Waals surface area contributed by atoms with Crippen LogP contribution in [0.3, 0.4) is 0 Å². The van der Waals surface area contributed by atoms with Crippen LogP contribution >= 0.6 is 0 Å². The number of hydrogen-bond acceptors (Lipinski definition) is 3. The molecular formula is C16H22O4S. The molecule has 1 aliphatic rings. The van der Waals surface area contributed by atoms with Gasteiger partial charge in [-0.1, -0.05) is 36.8 Å². The molecule has 1 aromatic carbocycles. The summed E-state index contributed by atoms with van der Waals surface area (Å²) in [5.41, 5.74) is 1.26. The van der Waals surface area contributed by atoms with Crippen molar-refractivity contribution in [3.8, 4) is 0 Å². The predicted octanol–water partition coefficient (Wildman–Crippen LogP) is 2.53. The van der Waals surface area contributed by atoms with Crippen molar-refractivity contribution in [2.45, 2.75) is 32.1 Å². The number of sulfone groups is 1. The van der Waals surface area contributed by atoms with Gasteiger partial charge < -0.3 is 5.11 Å². The van der Waals surface area contributed by atoms with Crippen molar-refractivity contribution in [1.82, 2.24) is 0 Å². The number of carboxylic acids is 1. The predicted molar refractivity (Wildman–Crippen MR) is 81.9 cm³/mol. The van der Waals surface area contributed by atoms with Crippen LogP contribution in [0.1, 0.15) is 31.2 Å². The zero-order valence-corrected chi connectivity index (χ0v) is 12.9. The Morgan fingerprint density at radius 1 is 1.24 bits per heavy atom. The molecule has 5 heteroatoms. The molecule has 0 saturated carbocycles. The van der Waals surface area contributed by atoms with Gasteiger partial charge in [0.2, 0.25) is 0 Å². The van der Waals surface area contributed by atoms with E-state index >= 15 is 0 Å². The maximum atomic E-state index is 11.5. The zero-order valence-electron chi connectivity index (χ0n) is 12.1. The average Bonchev–Trinajstić information content (AvgIpc) is 2.79. The van der Waals surface area contributed by atoms with Crippen molar-refractivity contribution in [2.24, 2.45) is 11.8 Å². The second kappa shape index (κ2) is 7.07. The summed E-state index contributed by atoms with van der Waals surface area (Å²) in [7, 11) is -3.01. The Labute approximate surface area is 126 Å². The van der Waals surface area contributed by atoms with Gasteiger partial charge in [-0.2, -0.15) is 0 Å². The lowest BCUT2D eigenvalue weighted by atomic mass is 9.87. The molecule has 2 rings (SSSR count). The van der Waals surface area contributed by atoms with Crippen LogP contribution in [0.2, 0.25) is 0 Å². The van der Waals surface area contributed by atoms with E-state index in [2.05, 4.69) is 12.1 Å². The van der Waals surface area contributed by atoms with Crippen molar-refractivity contribution < 1.29 is 18.3 Å². The SMILES string of the molecule is O=C(O)C(CCCCc1ccccc1)C1CCS(=O)(=O)C1. The van der Waals surface area contributed by atoms with Crippen LogP contribution in [-0.4, -0.2) is 31.0 Å². The summed E-state index contributed by atoms with van der Waals surface area (Å²) in [5, 5.41) is 9.33. The number of carboxylic acid groups (broad SMARTS) is 1. The summed E-state index contributed by atoms with van der Waals surface area (Å²) in [6.07, 6.45) is 3.77. The van der Waals surface area contributed by atoms with E-state index < -0.39 is 21.7 Å². The first kappa shape index (κ1) is 16.0. The third-order valence-corrected chi connectivity index (χ3v) is 6.02. The Morgan fingerprint density at radius 3 is 2.52 bits per heavy atom. The third kappa shape index (κ3) is 4.84. The number of hydrogen-bond donors (Lipinski definition) is 1. The maximum absolute atomic E-state index is 11.5. The van der Waals surface area contributed by atoms with E-state index in [9.17, 15) is 18.3 Å². The van der Waals surface area contributed by atoms with E-state index in [-0.39, 0.29) is 17.4 Å². The van der Waals surface area contributed by atoms with Gasteiger partial charge in [0.1, 0.15) is 0 Å². The quantitative estimate of drug-likeness (QED) is 0.786. The molecule has 1 aromatic rings. The molecule has 2 unspecified atom stereocenters. The Kier molecular flexibility index (Phi) is 5.39. The molecule has 1 N–H and O–H groups in total. The van der Waals surface area contributed by atoms with Gasteiger partial charge in [0.25, 0.3) is 0 Å². The first-order valence-electron chi connectivity index (χ1n) is 7.45. The number of aliphatic carboxylic acids is 1. The Hall–Kier alpha value is -1.36. The van der Waals surface area contributed by atoms with Gasteiger partial charge >= 0.3 is 5.97 Å². The standard InChI is InChI=1S/C16H22O4S/c17-16(18)15(14-10-11-21(19,20)12-14)9-5-4-8-13-6-2-1-3-7-13/h1-3,6-7,14-15H,4-5,8-12H2,(H,17,18). The number of aryl methyl sites for hydroxylation is 1. The zero-order chi connectivity index (χ0) is 15.3. The first-order valence-corrected chi connectivity index (χ1v) is 9.27. The van der Waals surface area contributed by atoms with Gasteiger partial charge in [-0.05, 0) is 37.2 Å². The Balaban J connectivity index is 1.80. The van der Waals surface area contributed by atoms with Gasteiger partial charge in [0.05, 0.1) is 17.4 Å². The van der Waals surface area contributed by atoms with Crippen LogP contribution in [0.5, 0.6) is 0 Å². The monoisotopic (exact) mass is 310 g/mol. The molecule has 1 heterocycles. The van der Waals surface area contributed by atoms with Crippen molar-refractivity contribution in [2.75, 3.05) is 11.5 Å². The second-order valence-electron chi connectivity index (χ2n) is 5.84. The molecule has 116 valence electrons. The first-order chi connectivity index (χ1) is 9.98. The van der Waals surface area contributed by atoms with Crippen LogP contribution in [-0.2, 0) is 21.1 Å². The van der Waals surface area contributed by atoms with E-state index in [1.54, 1.807) is 0 Å². The van der Waals surface area contributed by atoms with E-state index in [0.717, 1.165) is 19.3 Å². The largest absolute Gasteiger partial charge is 0.481 e. The molecule has 2 atom stereocenters. The Bertz CT molecular complexity index is 565. The second-order valence-corrected chi connectivity index (χ2v) is 8.07. The third-order valence-electron chi connectivity index (χ3n) is 4.23. The van der Waals surface area contributed by atoms with Gasteiger partial charge in [0, 0.05) is 0 Å². The minimum absolute atomic E-state index is 0.0443. The minimum Gasteiger partial charge on any atom is -0.481 e. The molecule has 0 amide bonds. The van der Waals surface area contributed by atoms with E-state index in [1.807, 2.05) is 18.2 Å². The lowest BCUT2D eigenvalue weighted by molar-refractivity contribution is -0.143. The van der Waals surface area contributed by atoms with E-state index in [1.165, 1.54) is 5.56 Å². The number of carbonyl (C=O) groups is 1. The number of unbranched alkanes of at least 4 members (excludes halogenated alkanes) is 1. The van der Waals surface area contributed by atoms with E-state index in [0.29, 0.717) is 12.8 Å². The van der Waals surface area contributed by atoms with Crippen LogP contribution < -0.4 is 0 Å². The summed E-state index contributed by atoms with van der Waals surface area (Å²) >= 11 is 0. The van der Waals surface area contributed by atoms with Gasteiger partial charge in [-0.25, -0.2) is 8.42 Å². The minimum atomic E-state index is -3.01. The summed E-state index contributed by atoms with van der Waals surface area (Å²) in [5.74, 6) is -1.38. The van der Waals surface area contributed by atoms with Crippen LogP contribution in [0, 0.1) is 11.8 Å². The highest BCUT2D eigenvalue weighted by Gasteiger charge is 2.36. The van der Waals surface area contributed by atoms with Crippen LogP contribution in [0.25, 0.3) is 0 Å². The molecular weight excluding hydrogens is 288 g/mol. The fourth-order valence-corrected chi connectivity index (χ4v) is 4.92. The number of rotatable bonds is 7. The molecule has 21 heavy (non-hydrogen) atoms. The molecule has 0 spiro atoms. The van der Waals surface area contributed by atoms with Gasteiger partial charge in [-0.3, -0.25) is 4.79 Å². The van der Waals surface area contributed by atoms with Crippen molar-refractivity contribution in [3.63, 3.8) is 0 Å². The summed E-state index contributed by atoms with van der Waals surface area (Å²) in [6, 6.07) is 10.1. The summed E-state index contributed by atoms with van der Waals surface area (Å²) in [6.45, 7) is 0. The highest BCUT2D eigenvalue weighted by molar-refractivity contribution is 7.91. The normalized spacial score (nSPS) is 22.0. The molecule has 1 aliphatic heterocycles. The smallest absolute Gasteiger partial charge is 0.306 e. The molecule has 0 radical (unpaired) electrons. The Morgan fingerprint density at radius 2 is 1.95 bits per heavy atom. The van der Waals surface area contributed by atoms with Gasteiger partial charge in [0.15, 0.2) is 9.84 Å². The van der Waals surface area contributed by atoms with Crippen LogP contribution in [0.15, 0.2) is 30.3 Å². The highest BCUT2D eigenvalue weighted by Crippen LogP contribution is 2.29. The molecule has 4 nitrogen and oxygen atoms in total.